The zero-order valence-electron chi connectivity index (χ0n) is 9.18. The van der Waals surface area contributed by atoms with Crippen LogP contribution in [0.1, 0.15) is 5.56 Å². The molecule has 18 heavy (non-hydrogen) atoms. The fraction of sp³-hybridized carbons (Fsp3) is 0.0769. The maximum atomic E-state index is 6.10. The molecule has 0 radical (unpaired) electrons. The molecule has 2 aromatic rings. The molecule has 2 rings (SSSR count). The minimum absolute atomic E-state index is 0.597. The van der Waals surface area contributed by atoms with Crippen LogP contribution in [-0.2, 0) is 6.54 Å². The predicted octanol–water partition coefficient (Wildman–Crippen LogP) is 6.02. The van der Waals surface area contributed by atoms with Gasteiger partial charge < -0.3 is 5.32 Å². The highest BCUT2D eigenvalue weighted by Crippen LogP contribution is 2.27. The van der Waals surface area contributed by atoms with Crippen molar-refractivity contribution in [3.05, 3.63) is 61.5 Å². The lowest BCUT2D eigenvalue weighted by molar-refractivity contribution is 1.15. The Morgan fingerprint density at radius 2 is 1.61 bits per heavy atom. The Morgan fingerprint density at radius 3 is 2.33 bits per heavy atom. The molecule has 0 aromatic heterocycles. The molecule has 0 aliphatic rings. The third kappa shape index (κ3) is 3.55. The quantitative estimate of drug-likeness (QED) is 0.701. The molecule has 94 valence electrons. The smallest absolute Gasteiger partial charge is 0.0488 e. The largest absolute Gasteiger partial charge is 0.380 e. The van der Waals surface area contributed by atoms with E-state index < -0.39 is 0 Å². The summed E-state index contributed by atoms with van der Waals surface area (Å²) in [4.78, 5) is 0. The molecule has 5 heteroatoms. The molecular weight excluding hydrogens is 356 g/mol. The molecular formula is C13H9BrCl3N. The van der Waals surface area contributed by atoms with Crippen LogP contribution in [0.4, 0.5) is 5.69 Å². The molecule has 0 spiro atoms. The SMILES string of the molecule is Clc1ccc(NCc2cc(Cl)ccc2Cl)c(Br)c1. The van der Waals surface area contributed by atoms with Crippen LogP contribution in [-0.4, -0.2) is 0 Å². The maximum Gasteiger partial charge on any atom is 0.0488 e. The molecule has 0 aliphatic carbocycles. The van der Waals surface area contributed by atoms with E-state index in [4.69, 9.17) is 34.8 Å². The summed E-state index contributed by atoms with van der Waals surface area (Å²) in [6.45, 7) is 0.597. The lowest BCUT2D eigenvalue weighted by Gasteiger charge is -2.10. The second-order valence-corrected chi connectivity index (χ2v) is 5.85. The number of anilines is 1. The van der Waals surface area contributed by atoms with Crippen LogP contribution in [0.25, 0.3) is 0 Å². The minimum Gasteiger partial charge on any atom is -0.380 e. The third-order valence-corrected chi connectivity index (χ3v) is 3.90. The third-order valence-electron chi connectivity index (χ3n) is 2.41. The highest BCUT2D eigenvalue weighted by molar-refractivity contribution is 9.10. The van der Waals surface area contributed by atoms with Crippen molar-refractivity contribution in [1.29, 1.82) is 0 Å². The van der Waals surface area contributed by atoms with Gasteiger partial charge in [-0.25, -0.2) is 0 Å². The van der Waals surface area contributed by atoms with E-state index in [1.54, 1.807) is 12.1 Å². The number of hydrogen-bond acceptors (Lipinski definition) is 1. The van der Waals surface area contributed by atoms with Gasteiger partial charge in [0.1, 0.15) is 0 Å². The summed E-state index contributed by atoms with van der Waals surface area (Å²) in [5.74, 6) is 0. The van der Waals surface area contributed by atoms with Gasteiger partial charge in [0.15, 0.2) is 0 Å². The topological polar surface area (TPSA) is 12.0 Å². The maximum absolute atomic E-state index is 6.10. The minimum atomic E-state index is 0.597. The molecule has 0 amide bonds. The summed E-state index contributed by atoms with van der Waals surface area (Å²) in [5, 5.41) is 5.33. The van der Waals surface area contributed by atoms with Crippen molar-refractivity contribution in [2.45, 2.75) is 6.54 Å². The van der Waals surface area contributed by atoms with Crippen LogP contribution in [0, 0.1) is 0 Å². The number of halogens is 4. The predicted molar refractivity (Wildman–Crippen MR) is 82.9 cm³/mol. The fourth-order valence-corrected chi connectivity index (χ4v) is 2.70. The van der Waals surface area contributed by atoms with Gasteiger partial charge in [-0.1, -0.05) is 34.8 Å². The van der Waals surface area contributed by atoms with E-state index in [9.17, 15) is 0 Å². The van der Waals surface area contributed by atoms with E-state index >= 15 is 0 Å². The monoisotopic (exact) mass is 363 g/mol. The van der Waals surface area contributed by atoms with Crippen LogP contribution in [0.3, 0.4) is 0 Å². The zero-order valence-corrected chi connectivity index (χ0v) is 13.0. The lowest BCUT2D eigenvalue weighted by Crippen LogP contribution is -2.00. The van der Waals surface area contributed by atoms with Gasteiger partial charge in [-0.15, -0.1) is 0 Å². The van der Waals surface area contributed by atoms with E-state index in [1.807, 2.05) is 24.3 Å². The van der Waals surface area contributed by atoms with Crippen LogP contribution < -0.4 is 5.32 Å². The van der Waals surface area contributed by atoms with Gasteiger partial charge >= 0.3 is 0 Å². The van der Waals surface area contributed by atoms with Gasteiger partial charge in [-0.05, 0) is 57.9 Å². The average molecular weight is 365 g/mol. The Morgan fingerprint density at radius 1 is 0.944 bits per heavy atom. The van der Waals surface area contributed by atoms with Gasteiger partial charge in [-0.3, -0.25) is 0 Å². The van der Waals surface area contributed by atoms with Crippen molar-refractivity contribution in [2.24, 2.45) is 0 Å². The van der Waals surface area contributed by atoms with E-state index in [1.165, 1.54) is 0 Å². The highest BCUT2D eigenvalue weighted by atomic mass is 79.9. The number of benzene rings is 2. The van der Waals surface area contributed by atoms with Crippen LogP contribution in [0.5, 0.6) is 0 Å². The average Bonchev–Trinajstić information content (AvgIpc) is 2.32. The Kier molecular flexibility index (Phi) is 4.79. The normalized spacial score (nSPS) is 10.4. The summed E-state index contributed by atoms with van der Waals surface area (Å²) in [5.41, 5.74) is 1.90. The first-order valence-electron chi connectivity index (χ1n) is 5.19. The molecule has 0 heterocycles. The Labute approximate surface area is 129 Å². The molecule has 1 N–H and O–H groups in total. The van der Waals surface area contributed by atoms with E-state index in [2.05, 4.69) is 21.2 Å². The summed E-state index contributed by atoms with van der Waals surface area (Å²) in [6.07, 6.45) is 0. The lowest BCUT2D eigenvalue weighted by atomic mass is 10.2. The highest BCUT2D eigenvalue weighted by Gasteiger charge is 2.04. The van der Waals surface area contributed by atoms with Crippen molar-refractivity contribution < 1.29 is 0 Å². The molecule has 2 aromatic carbocycles. The van der Waals surface area contributed by atoms with Crippen LogP contribution >= 0.6 is 50.7 Å². The zero-order chi connectivity index (χ0) is 13.1. The van der Waals surface area contributed by atoms with Crippen molar-refractivity contribution in [3.8, 4) is 0 Å². The van der Waals surface area contributed by atoms with Crippen molar-refractivity contribution in [3.63, 3.8) is 0 Å². The first-order valence-corrected chi connectivity index (χ1v) is 7.12. The molecule has 0 fully saturated rings. The van der Waals surface area contributed by atoms with E-state index in [0.29, 0.717) is 21.6 Å². The van der Waals surface area contributed by atoms with Gasteiger partial charge in [-0.2, -0.15) is 0 Å². The molecule has 0 atom stereocenters. The standard InChI is InChI=1S/C13H9BrCl3N/c14-11-6-10(16)2-4-13(11)18-7-8-5-9(15)1-3-12(8)17/h1-6,18H,7H2. The summed E-state index contributed by atoms with van der Waals surface area (Å²) in [6, 6.07) is 11.0. The summed E-state index contributed by atoms with van der Waals surface area (Å²) in [7, 11) is 0. The second kappa shape index (κ2) is 6.16. The van der Waals surface area contributed by atoms with Crippen molar-refractivity contribution in [1.82, 2.24) is 0 Å². The van der Waals surface area contributed by atoms with E-state index in [-0.39, 0.29) is 0 Å². The number of nitrogens with one attached hydrogen (secondary N) is 1. The Hall–Kier alpha value is -0.410. The fourth-order valence-electron chi connectivity index (χ4n) is 1.50. The van der Waals surface area contributed by atoms with Crippen LogP contribution in [0.2, 0.25) is 15.1 Å². The number of rotatable bonds is 3. The van der Waals surface area contributed by atoms with Crippen LogP contribution in [0.15, 0.2) is 40.9 Å². The molecule has 0 unspecified atom stereocenters. The summed E-state index contributed by atoms with van der Waals surface area (Å²) >= 11 is 21.4. The van der Waals surface area contributed by atoms with Crippen molar-refractivity contribution in [2.75, 3.05) is 5.32 Å². The van der Waals surface area contributed by atoms with Gasteiger partial charge in [0.05, 0.1) is 0 Å². The Balaban J connectivity index is 2.13. The summed E-state index contributed by atoms with van der Waals surface area (Å²) < 4.78 is 0.910. The van der Waals surface area contributed by atoms with Gasteiger partial charge in [0, 0.05) is 31.8 Å². The molecule has 0 saturated carbocycles. The van der Waals surface area contributed by atoms with E-state index in [0.717, 1.165) is 15.7 Å². The molecule has 1 nitrogen and oxygen atoms in total. The van der Waals surface area contributed by atoms with Crippen molar-refractivity contribution >= 4 is 56.4 Å². The second-order valence-electron chi connectivity index (χ2n) is 3.71. The van der Waals surface area contributed by atoms with Gasteiger partial charge in [0.25, 0.3) is 0 Å². The molecule has 0 saturated heterocycles. The first kappa shape index (κ1) is 14.0. The molecule has 0 bridgehead atoms. The van der Waals surface area contributed by atoms with Gasteiger partial charge in [0.2, 0.25) is 0 Å². The Bertz CT molecular complexity index is 572. The number of hydrogen-bond donors (Lipinski definition) is 1. The first-order chi connectivity index (χ1) is 8.56. The molecule has 0 aliphatic heterocycles.